The van der Waals surface area contributed by atoms with Gasteiger partial charge in [0.15, 0.2) is 13.8 Å². The van der Waals surface area contributed by atoms with E-state index in [1.54, 1.807) is 7.05 Å². The van der Waals surface area contributed by atoms with Crippen LogP contribution in [0.1, 0.15) is 19.1 Å². The quantitative estimate of drug-likeness (QED) is 0.604. The molecule has 5 nitrogen and oxygen atoms in total. The summed E-state index contributed by atoms with van der Waals surface area (Å²) in [5.74, 6) is 0.712. The minimum absolute atomic E-state index is 0.0831. The highest BCUT2D eigenvalue weighted by atomic mass is 16.3. The first-order valence-corrected chi connectivity index (χ1v) is 5.12. The van der Waals surface area contributed by atoms with Gasteiger partial charge in [-0.15, -0.1) is 0 Å². The highest BCUT2D eigenvalue weighted by Gasteiger charge is 2.39. The molecule has 6 heteroatoms. The third-order valence-electron chi connectivity index (χ3n) is 2.89. The summed E-state index contributed by atoms with van der Waals surface area (Å²) in [5.41, 5.74) is 0.186. The van der Waals surface area contributed by atoms with Gasteiger partial charge in [0.2, 0.25) is 5.91 Å². The maximum Gasteiger partial charge on any atom is 0.231 e. The van der Waals surface area contributed by atoms with Crippen molar-refractivity contribution in [3.63, 3.8) is 0 Å². The van der Waals surface area contributed by atoms with Crippen molar-refractivity contribution in [2.24, 2.45) is 0 Å². The van der Waals surface area contributed by atoms with Gasteiger partial charge in [-0.3, -0.25) is 15.1 Å². The SMILES string of the molecule is Bc1ccc([C@]2(C)CC(=O)N(C)C(=N)N2)o1. The van der Waals surface area contributed by atoms with E-state index >= 15 is 0 Å². The number of guanidine groups is 1. The second-order valence-electron chi connectivity index (χ2n) is 4.35. The van der Waals surface area contributed by atoms with Crippen LogP contribution in [-0.4, -0.2) is 31.7 Å². The summed E-state index contributed by atoms with van der Waals surface area (Å²) in [4.78, 5) is 13.0. The van der Waals surface area contributed by atoms with Gasteiger partial charge in [-0.2, -0.15) is 0 Å². The number of nitrogens with zero attached hydrogens (tertiary/aromatic N) is 1. The fourth-order valence-electron chi connectivity index (χ4n) is 1.81. The van der Waals surface area contributed by atoms with Gasteiger partial charge in [0.25, 0.3) is 0 Å². The first-order chi connectivity index (χ1) is 7.42. The Morgan fingerprint density at radius 3 is 2.81 bits per heavy atom. The van der Waals surface area contributed by atoms with E-state index in [0.29, 0.717) is 12.2 Å². The fraction of sp³-hybridized carbons (Fsp3) is 0.400. The summed E-state index contributed by atoms with van der Waals surface area (Å²) in [6, 6.07) is 3.70. The average molecular weight is 219 g/mol. The van der Waals surface area contributed by atoms with Crippen molar-refractivity contribution in [3.05, 3.63) is 17.9 Å². The average Bonchev–Trinajstić information content (AvgIpc) is 2.62. The molecule has 0 spiro atoms. The molecule has 84 valence electrons. The van der Waals surface area contributed by atoms with Crippen LogP contribution in [0.2, 0.25) is 0 Å². The summed E-state index contributed by atoms with van der Waals surface area (Å²) < 4.78 is 5.53. The second-order valence-corrected chi connectivity index (χ2v) is 4.35. The van der Waals surface area contributed by atoms with E-state index in [2.05, 4.69) is 5.32 Å². The number of hydrogen-bond acceptors (Lipinski definition) is 3. The predicted molar refractivity (Wildman–Crippen MR) is 62.5 cm³/mol. The van der Waals surface area contributed by atoms with Gasteiger partial charge < -0.3 is 9.73 Å². The van der Waals surface area contributed by atoms with Crippen LogP contribution < -0.4 is 11.0 Å². The first-order valence-electron chi connectivity index (χ1n) is 5.12. The highest BCUT2D eigenvalue weighted by molar-refractivity contribution is 6.29. The minimum atomic E-state index is -0.616. The normalized spacial score (nSPS) is 25.8. The number of carbonyl (C=O) groups is 1. The molecule has 0 bridgehead atoms. The molecule has 0 saturated carbocycles. The van der Waals surface area contributed by atoms with Crippen LogP contribution >= 0.6 is 0 Å². The van der Waals surface area contributed by atoms with Crippen molar-refractivity contribution >= 4 is 25.4 Å². The third kappa shape index (κ3) is 1.60. The molecular weight excluding hydrogens is 205 g/mol. The van der Waals surface area contributed by atoms with E-state index in [1.807, 2.05) is 26.9 Å². The molecule has 1 amide bonds. The zero-order valence-electron chi connectivity index (χ0n) is 9.63. The van der Waals surface area contributed by atoms with Crippen LogP contribution in [0, 0.1) is 5.41 Å². The Hall–Kier alpha value is -1.72. The monoisotopic (exact) mass is 219 g/mol. The van der Waals surface area contributed by atoms with Gasteiger partial charge in [0.05, 0.1) is 12.1 Å². The number of furan rings is 1. The van der Waals surface area contributed by atoms with E-state index in [4.69, 9.17) is 9.83 Å². The Morgan fingerprint density at radius 1 is 1.62 bits per heavy atom. The summed E-state index contributed by atoms with van der Waals surface area (Å²) in [5, 5.41) is 10.7. The van der Waals surface area contributed by atoms with Crippen LogP contribution in [-0.2, 0) is 10.3 Å². The molecule has 1 aliphatic heterocycles. The van der Waals surface area contributed by atoms with Gasteiger partial charge in [-0.05, 0) is 19.1 Å². The van der Waals surface area contributed by atoms with Crippen molar-refractivity contribution in [2.45, 2.75) is 18.9 Å². The molecule has 0 unspecified atom stereocenters. The van der Waals surface area contributed by atoms with E-state index in [-0.39, 0.29) is 11.9 Å². The topological polar surface area (TPSA) is 69.3 Å². The summed E-state index contributed by atoms with van der Waals surface area (Å²) >= 11 is 0. The molecule has 2 N–H and O–H groups in total. The lowest BCUT2D eigenvalue weighted by Crippen LogP contribution is -2.58. The summed E-state index contributed by atoms with van der Waals surface area (Å²) in [6.07, 6.45) is 0.291. The molecule has 16 heavy (non-hydrogen) atoms. The predicted octanol–water partition coefficient (Wildman–Crippen LogP) is -0.860. The van der Waals surface area contributed by atoms with Gasteiger partial charge in [0, 0.05) is 7.05 Å². The van der Waals surface area contributed by atoms with Crippen molar-refractivity contribution < 1.29 is 9.21 Å². The Kier molecular flexibility index (Phi) is 2.29. The number of hydrogen-bond donors (Lipinski definition) is 2. The molecular formula is C10H14BN3O2. The van der Waals surface area contributed by atoms with E-state index in [1.165, 1.54) is 4.90 Å². The lowest BCUT2D eigenvalue weighted by Gasteiger charge is -2.37. The lowest BCUT2D eigenvalue weighted by molar-refractivity contribution is -0.129. The van der Waals surface area contributed by atoms with Crippen LogP contribution in [0.3, 0.4) is 0 Å². The molecule has 1 aromatic rings. The van der Waals surface area contributed by atoms with Crippen molar-refractivity contribution in [1.82, 2.24) is 10.2 Å². The third-order valence-corrected chi connectivity index (χ3v) is 2.89. The molecule has 1 aliphatic rings. The molecule has 2 rings (SSSR count). The summed E-state index contributed by atoms with van der Waals surface area (Å²) in [7, 11) is 3.44. The Balaban J connectivity index is 2.33. The van der Waals surface area contributed by atoms with Gasteiger partial charge in [-0.25, -0.2) is 0 Å². The van der Waals surface area contributed by atoms with E-state index in [0.717, 1.165) is 5.66 Å². The van der Waals surface area contributed by atoms with Crippen molar-refractivity contribution in [2.75, 3.05) is 7.05 Å². The molecule has 2 heterocycles. The smallest absolute Gasteiger partial charge is 0.231 e. The van der Waals surface area contributed by atoms with Crippen LogP contribution in [0.25, 0.3) is 0 Å². The maximum atomic E-state index is 11.7. The van der Waals surface area contributed by atoms with Crippen LogP contribution in [0.15, 0.2) is 16.5 Å². The number of carbonyl (C=O) groups excluding carboxylic acids is 1. The Labute approximate surface area is 94.7 Å². The van der Waals surface area contributed by atoms with Crippen LogP contribution in [0.5, 0.6) is 0 Å². The van der Waals surface area contributed by atoms with Crippen molar-refractivity contribution in [3.8, 4) is 0 Å². The highest BCUT2D eigenvalue weighted by Crippen LogP contribution is 2.28. The van der Waals surface area contributed by atoms with Crippen LogP contribution in [0.4, 0.5) is 0 Å². The lowest BCUT2D eigenvalue weighted by atomic mass is 9.92. The van der Waals surface area contributed by atoms with E-state index < -0.39 is 5.54 Å². The molecule has 1 fully saturated rings. The van der Waals surface area contributed by atoms with Gasteiger partial charge in [0.1, 0.15) is 11.3 Å². The van der Waals surface area contributed by atoms with E-state index in [9.17, 15) is 4.79 Å². The number of amides is 1. The molecule has 0 radical (unpaired) electrons. The molecule has 1 aromatic heterocycles. The van der Waals surface area contributed by atoms with Crippen molar-refractivity contribution in [1.29, 1.82) is 5.41 Å². The Morgan fingerprint density at radius 2 is 2.31 bits per heavy atom. The van der Waals surface area contributed by atoms with Gasteiger partial charge in [-0.1, -0.05) is 0 Å². The minimum Gasteiger partial charge on any atom is -0.475 e. The van der Waals surface area contributed by atoms with Gasteiger partial charge >= 0.3 is 0 Å². The Bertz CT molecular complexity index is 437. The zero-order chi connectivity index (χ0) is 11.9. The number of nitrogens with one attached hydrogen (secondary N) is 2. The maximum absolute atomic E-state index is 11.7. The second kappa shape index (κ2) is 3.40. The first kappa shape index (κ1) is 10.8. The molecule has 1 saturated heterocycles. The molecule has 0 aliphatic carbocycles. The fourth-order valence-corrected chi connectivity index (χ4v) is 1.81. The zero-order valence-corrected chi connectivity index (χ0v) is 9.63. The molecule has 1 atom stereocenters. The molecule has 0 aromatic carbocycles. The number of rotatable bonds is 1. The largest absolute Gasteiger partial charge is 0.475 e. The summed E-state index contributed by atoms with van der Waals surface area (Å²) in [6.45, 7) is 1.87. The standard InChI is InChI=1S/C10H14BN3O2/c1-10(6-3-4-7(11)16-6)5-8(15)14(2)9(12)13-10/h3-4H,5,11H2,1-2H3,(H2,12,13)/t10-/m0/s1.